The van der Waals surface area contributed by atoms with Crippen LogP contribution in [0.2, 0.25) is 0 Å². The zero-order valence-corrected chi connectivity index (χ0v) is 7.64. The summed E-state index contributed by atoms with van der Waals surface area (Å²) in [6.45, 7) is 7.36. The van der Waals surface area contributed by atoms with Crippen molar-refractivity contribution in [1.29, 1.82) is 0 Å². The minimum atomic E-state index is 0.619. The van der Waals surface area contributed by atoms with Gasteiger partial charge in [-0.2, -0.15) is 0 Å². The van der Waals surface area contributed by atoms with Crippen molar-refractivity contribution in [3.05, 3.63) is 0 Å². The second-order valence-electron chi connectivity index (χ2n) is 4.01. The first kappa shape index (κ1) is 7.56. The smallest absolute Gasteiger partial charge is 0.0335 e. The Hall–Kier alpha value is -0.0800. The van der Waals surface area contributed by atoms with Crippen molar-refractivity contribution >= 4 is 0 Å². The van der Waals surface area contributed by atoms with Gasteiger partial charge in [0.25, 0.3) is 0 Å². The van der Waals surface area contributed by atoms with E-state index >= 15 is 0 Å². The fraction of sp³-hybridized carbons (Fsp3) is 1.00. The summed E-state index contributed by atoms with van der Waals surface area (Å²) < 4.78 is 0. The van der Waals surface area contributed by atoms with Crippen molar-refractivity contribution in [2.75, 3.05) is 33.2 Å². The molecule has 0 radical (unpaired) electrons. The molecule has 1 spiro atoms. The maximum absolute atomic E-state index is 2.58. The summed E-state index contributed by atoms with van der Waals surface area (Å²) >= 11 is 0. The number of hydrogen-bond donors (Lipinski definition) is 0. The predicted molar refractivity (Wildman–Crippen MR) is 46.7 cm³/mol. The summed E-state index contributed by atoms with van der Waals surface area (Å²) in [6, 6.07) is 0. The van der Waals surface area contributed by atoms with Gasteiger partial charge >= 0.3 is 0 Å². The number of likely N-dealkylation sites (N-methyl/N-ethyl adjacent to an activating group) is 2. The Morgan fingerprint density at radius 1 is 1.27 bits per heavy atom. The highest BCUT2D eigenvalue weighted by Gasteiger charge is 2.48. The van der Waals surface area contributed by atoms with Gasteiger partial charge in [-0.3, -0.25) is 4.90 Å². The SMILES string of the molecule is CCN1CCN(C)C2(CC2)C1. The van der Waals surface area contributed by atoms with Crippen LogP contribution in [0.3, 0.4) is 0 Å². The van der Waals surface area contributed by atoms with E-state index in [9.17, 15) is 0 Å². The summed E-state index contributed by atoms with van der Waals surface area (Å²) in [7, 11) is 2.28. The van der Waals surface area contributed by atoms with Gasteiger partial charge in [-0.25, -0.2) is 0 Å². The Morgan fingerprint density at radius 3 is 2.55 bits per heavy atom. The first-order valence-corrected chi connectivity index (χ1v) is 4.70. The van der Waals surface area contributed by atoms with E-state index in [4.69, 9.17) is 0 Å². The second-order valence-corrected chi connectivity index (χ2v) is 4.01. The molecule has 2 rings (SSSR count). The molecular weight excluding hydrogens is 136 g/mol. The molecule has 0 aromatic rings. The molecule has 0 N–H and O–H groups in total. The fourth-order valence-corrected chi connectivity index (χ4v) is 2.10. The van der Waals surface area contributed by atoms with E-state index in [-0.39, 0.29) is 0 Å². The summed E-state index contributed by atoms with van der Waals surface area (Å²) in [6.07, 6.45) is 2.86. The van der Waals surface area contributed by atoms with Crippen molar-refractivity contribution < 1.29 is 0 Å². The normalized spacial score (nSPS) is 31.1. The molecule has 0 bridgehead atoms. The van der Waals surface area contributed by atoms with E-state index in [1.165, 1.54) is 39.0 Å². The quantitative estimate of drug-likeness (QED) is 0.551. The van der Waals surface area contributed by atoms with Crippen molar-refractivity contribution in [3.8, 4) is 0 Å². The third kappa shape index (κ3) is 1.18. The van der Waals surface area contributed by atoms with Crippen LogP contribution in [0.25, 0.3) is 0 Å². The van der Waals surface area contributed by atoms with Crippen LogP contribution in [-0.2, 0) is 0 Å². The van der Waals surface area contributed by atoms with Crippen molar-refractivity contribution in [2.45, 2.75) is 25.3 Å². The van der Waals surface area contributed by atoms with Gasteiger partial charge in [0.15, 0.2) is 0 Å². The number of hydrogen-bond acceptors (Lipinski definition) is 2. The minimum Gasteiger partial charge on any atom is -0.301 e. The number of nitrogens with zero attached hydrogens (tertiary/aromatic N) is 2. The molecule has 1 heterocycles. The molecule has 2 nitrogen and oxygen atoms in total. The lowest BCUT2D eigenvalue weighted by Crippen LogP contribution is -2.52. The lowest BCUT2D eigenvalue weighted by molar-refractivity contribution is 0.0844. The van der Waals surface area contributed by atoms with Gasteiger partial charge in [0.1, 0.15) is 0 Å². The van der Waals surface area contributed by atoms with Crippen LogP contribution < -0.4 is 0 Å². The summed E-state index contributed by atoms with van der Waals surface area (Å²) in [5.41, 5.74) is 0.619. The lowest BCUT2D eigenvalue weighted by atomic mass is 10.1. The van der Waals surface area contributed by atoms with E-state index in [1.54, 1.807) is 0 Å². The lowest BCUT2D eigenvalue weighted by Gasteiger charge is -2.39. The zero-order valence-electron chi connectivity index (χ0n) is 7.64. The third-order valence-electron chi connectivity index (χ3n) is 3.35. The number of piperazine rings is 1. The maximum atomic E-state index is 2.58. The largest absolute Gasteiger partial charge is 0.301 e. The van der Waals surface area contributed by atoms with Crippen LogP contribution >= 0.6 is 0 Å². The van der Waals surface area contributed by atoms with Crippen LogP contribution in [0.1, 0.15) is 19.8 Å². The zero-order chi connectivity index (χ0) is 7.90. The summed E-state index contributed by atoms with van der Waals surface area (Å²) in [5.74, 6) is 0. The molecule has 0 aromatic heterocycles. The molecule has 2 fully saturated rings. The van der Waals surface area contributed by atoms with E-state index in [0.29, 0.717) is 5.54 Å². The Morgan fingerprint density at radius 2 is 2.00 bits per heavy atom. The fourth-order valence-electron chi connectivity index (χ4n) is 2.10. The van der Waals surface area contributed by atoms with Crippen LogP contribution in [0, 0.1) is 0 Å². The second kappa shape index (κ2) is 2.46. The first-order chi connectivity index (χ1) is 5.27. The summed E-state index contributed by atoms with van der Waals surface area (Å²) in [4.78, 5) is 5.13. The third-order valence-corrected chi connectivity index (χ3v) is 3.35. The van der Waals surface area contributed by atoms with E-state index in [1.807, 2.05) is 0 Å². The Bertz CT molecular complexity index is 152. The first-order valence-electron chi connectivity index (χ1n) is 4.70. The van der Waals surface area contributed by atoms with Crippen LogP contribution in [0.4, 0.5) is 0 Å². The van der Waals surface area contributed by atoms with E-state index in [0.717, 1.165) is 0 Å². The van der Waals surface area contributed by atoms with Crippen LogP contribution in [0.15, 0.2) is 0 Å². The standard InChI is InChI=1S/C9H18N2/c1-3-11-7-6-10(2)9(8-11)4-5-9/h3-8H2,1-2H3. The molecule has 0 aromatic carbocycles. The molecular formula is C9H18N2. The molecule has 1 saturated carbocycles. The molecule has 0 unspecified atom stereocenters. The predicted octanol–water partition coefficient (Wildman–Crippen LogP) is 0.786. The van der Waals surface area contributed by atoms with Gasteiger partial charge in [0.2, 0.25) is 0 Å². The average Bonchev–Trinajstić information content (AvgIpc) is 2.77. The van der Waals surface area contributed by atoms with Gasteiger partial charge in [0.05, 0.1) is 0 Å². The highest BCUT2D eigenvalue weighted by Crippen LogP contribution is 2.42. The van der Waals surface area contributed by atoms with Crippen molar-refractivity contribution in [3.63, 3.8) is 0 Å². The molecule has 1 aliphatic heterocycles. The Kier molecular flexibility index (Phi) is 1.69. The molecule has 2 aliphatic rings. The summed E-state index contributed by atoms with van der Waals surface area (Å²) in [5, 5.41) is 0. The molecule has 1 aliphatic carbocycles. The molecule has 11 heavy (non-hydrogen) atoms. The van der Waals surface area contributed by atoms with Crippen molar-refractivity contribution in [2.24, 2.45) is 0 Å². The van der Waals surface area contributed by atoms with Gasteiger partial charge < -0.3 is 4.90 Å². The topological polar surface area (TPSA) is 6.48 Å². The Balaban J connectivity index is 1.98. The van der Waals surface area contributed by atoms with Crippen molar-refractivity contribution in [1.82, 2.24) is 9.80 Å². The molecule has 0 amide bonds. The van der Waals surface area contributed by atoms with E-state index in [2.05, 4.69) is 23.8 Å². The van der Waals surface area contributed by atoms with Gasteiger partial charge in [-0.1, -0.05) is 6.92 Å². The highest BCUT2D eigenvalue weighted by molar-refractivity contribution is 5.06. The van der Waals surface area contributed by atoms with Crippen LogP contribution in [-0.4, -0.2) is 48.6 Å². The highest BCUT2D eigenvalue weighted by atomic mass is 15.3. The molecule has 0 atom stereocenters. The van der Waals surface area contributed by atoms with Crippen LogP contribution in [0.5, 0.6) is 0 Å². The maximum Gasteiger partial charge on any atom is 0.0335 e. The Labute approximate surface area is 69.2 Å². The molecule has 2 heteroatoms. The van der Waals surface area contributed by atoms with Gasteiger partial charge in [0, 0.05) is 25.2 Å². The molecule has 1 saturated heterocycles. The average molecular weight is 154 g/mol. The monoisotopic (exact) mass is 154 g/mol. The van der Waals surface area contributed by atoms with Gasteiger partial charge in [-0.05, 0) is 26.4 Å². The van der Waals surface area contributed by atoms with Gasteiger partial charge in [-0.15, -0.1) is 0 Å². The minimum absolute atomic E-state index is 0.619. The van der Waals surface area contributed by atoms with E-state index < -0.39 is 0 Å². The molecule has 64 valence electrons. The number of rotatable bonds is 1.